The van der Waals surface area contributed by atoms with E-state index in [9.17, 15) is 10.1 Å². The first-order valence-corrected chi connectivity index (χ1v) is 5.65. The van der Waals surface area contributed by atoms with E-state index in [-0.39, 0.29) is 16.7 Å². The summed E-state index contributed by atoms with van der Waals surface area (Å²) in [6, 6.07) is 5.02. The third-order valence-electron chi connectivity index (χ3n) is 2.53. The van der Waals surface area contributed by atoms with Gasteiger partial charge in [0.15, 0.2) is 0 Å². The normalized spacial score (nSPS) is 12.2. The van der Waals surface area contributed by atoms with Crippen molar-refractivity contribution in [3.8, 4) is 0 Å². The smallest absolute Gasteiger partial charge is 0.274 e. The molecule has 0 spiro atoms. The van der Waals surface area contributed by atoms with Crippen LogP contribution in [0.15, 0.2) is 18.2 Å². The van der Waals surface area contributed by atoms with Crippen LogP contribution in [0.5, 0.6) is 0 Å². The van der Waals surface area contributed by atoms with Gasteiger partial charge in [-0.15, -0.1) is 0 Å². The van der Waals surface area contributed by atoms with Crippen LogP contribution in [0.2, 0.25) is 0 Å². The molecule has 1 aromatic rings. The number of nitrogens with zero attached hydrogens (tertiary/aromatic N) is 1. The summed E-state index contributed by atoms with van der Waals surface area (Å²) in [7, 11) is 0. The maximum absolute atomic E-state index is 10.8. The quantitative estimate of drug-likeness (QED) is 0.611. The van der Waals surface area contributed by atoms with Gasteiger partial charge in [-0.2, -0.15) is 0 Å². The molecule has 0 saturated heterocycles. The first-order valence-electron chi connectivity index (χ1n) is 5.65. The molecule has 0 amide bonds. The Balaban J connectivity index is 2.72. The number of ether oxygens (including phenoxy) is 1. The van der Waals surface area contributed by atoms with Gasteiger partial charge in [-0.3, -0.25) is 10.1 Å². The lowest BCUT2D eigenvalue weighted by Gasteiger charge is -2.14. The highest BCUT2D eigenvalue weighted by atomic mass is 16.6. The molecule has 1 atom stereocenters. The Morgan fingerprint density at radius 2 is 2.24 bits per heavy atom. The van der Waals surface area contributed by atoms with Crippen molar-refractivity contribution in [3.05, 3.63) is 33.9 Å². The SMILES string of the molecule is CCOC(C)CNc1cccc([N+](=O)[O-])c1C. The fourth-order valence-electron chi connectivity index (χ4n) is 1.61. The number of nitro benzene ring substituents is 1. The Morgan fingerprint density at radius 3 is 2.82 bits per heavy atom. The molecule has 0 aliphatic rings. The van der Waals surface area contributed by atoms with Crippen molar-refractivity contribution in [1.29, 1.82) is 0 Å². The van der Waals surface area contributed by atoms with Gasteiger partial charge in [0.05, 0.1) is 11.0 Å². The summed E-state index contributed by atoms with van der Waals surface area (Å²) in [6.07, 6.45) is 0.0821. The summed E-state index contributed by atoms with van der Waals surface area (Å²) >= 11 is 0. The van der Waals surface area contributed by atoms with Gasteiger partial charge in [-0.25, -0.2) is 0 Å². The van der Waals surface area contributed by atoms with Crippen LogP contribution in [0, 0.1) is 17.0 Å². The predicted molar refractivity (Wildman–Crippen MR) is 67.4 cm³/mol. The van der Waals surface area contributed by atoms with Crippen LogP contribution in [0.25, 0.3) is 0 Å². The van der Waals surface area contributed by atoms with Crippen molar-refractivity contribution in [2.75, 3.05) is 18.5 Å². The van der Waals surface area contributed by atoms with Crippen LogP contribution in [-0.2, 0) is 4.74 Å². The monoisotopic (exact) mass is 238 g/mol. The van der Waals surface area contributed by atoms with Gasteiger partial charge in [0.25, 0.3) is 5.69 Å². The van der Waals surface area contributed by atoms with E-state index in [4.69, 9.17) is 4.74 Å². The molecular weight excluding hydrogens is 220 g/mol. The average Bonchev–Trinajstić information content (AvgIpc) is 2.27. The molecule has 5 heteroatoms. The van der Waals surface area contributed by atoms with Crippen LogP contribution in [0.1, 0.15) is 19.4 Å². The summed E-state index contributed by atoms with van der Waals surface area (Å²) in [5, 5.41) is 13.9. The molecule has 0 heterocycles. The van der Waals surface area contributed by atoms with Gasteiger partial charge in [0.2, 0.25) is 0 Å². The highest BCUT2D eigenvalue weighted by Gasteiger charge is 2.13. The lowest BCUT2D eigenvalue weighted by Crippen LogP contribution is -2.20. The molecule has 1 aromatic carbocycles. The molecular formula is C12H18N2O3. The van der Waals surface area contributed by atoms with Gasteiger partial charge in [0, 0.05) is 30.5 Å². The van der Waals surface area contributed by atoms with Gasteiger partial charge < -0.3 is 10.1 Å². The molecule has 0 saturated carbocycles. The Hall–Kier alpha value is -1.62. The molecule has 1 unspecified atom stereocenters. The Kier molecular flexibility index (Phi) is 4.90. The second-order valence-corrected chi connectivity index (χ2v) is 3.85. The zero-order valence-electron chi connectivity index (χ0n) is 10.4. The Morgan fingerprint density at radius 1 is 1.53 bits per heavy atom. The topological polar surface area (TPSA) is 64.4 Å². The van der Waals surface area contributed by atoms with Crippen LogP contribution in [0.4, 0.5) is 11.4 Å². The fourth-order valence-corrected chi connectivity index (χ4v) is 1.61. The van der Waals surface area contributed by atoms with Crippen molar-refractivity contribution in [3.63, 3.8) is 0 Å². The maximum Gasteiger partial charge on any atom is 0.274 e. The standard InChI is InChI=1S/C12H18N2O3/c1-4-17-9(2)8-13-11-6-5-7-12(10(11)3)14(15)16/h5-7,9,13H,4,8H2,1-3H3. The van der Waals surface area contributed by atoms with E-state index in [2.05, 4.69) is 5.32 Å². The van der Waals surface area contributed by atoms with E-state index in [1.165, 1.54) is 6.07 Å². The number of nitrogens with one attached hydrogen (secondary N) is 1. The molecule has 0 radical (unpaired) electrons. The molecule has 0 fully saturated rings. The number of rotatable bonds is 6. The number of anilines is 1. The van der Waals surface area contributed by atoms with E-state index in [1.54, 1.807) is 13.0 Å². The van der Waals surface area contributed by atoms with E-state index in [1.807, 2.05) is 19.9 Å². The molecule has 94 valence electrons. The molecule has 0 aliphatic carbocycles. The summed E-state index contributed by atoms with van der Waals surface area (Å²) < 4.78 is 5.38. The van der Waals surface area contributed by atoms with Gasteiger partial charge >= 0.3 is 0 Å². The fraction of sp³-hybridized carbons (Fsp3) is 0.500. The molecule has 1 rings (SSSR count). The van der Waals surface area contributed by atoms with E-state index in [0.717, 1.165) is 5.69 Å². The summed E-state index contributed by atoms with van der Waals surface area (Å²) in [5.41, 5.74) is 1.58. The highest BCUT2D eigenvalue weighted by Crippen LogP contribution is 2.24. The molecule has 1 N–H and O–H groups in total. The van der Waals surface area contributed by atoms with Gasteiger partial charge in [-0.05, 0) is 26.8 Å². The molecule has 0 aromatic heterocycles. The van der Waals surface area contributed by atoms with Crippen molar-refractivity contribution < 1.29 is 9.66 Å². The molecule has 5 nitrogen and oxygen atoms in total. The van der Waals surface area contributed by atoms with E-state index in [0.29, 0.717) is 18.7 Å². The lowest BCUT2D eigenvalue weighted by atomic mass is 10.1. The minimum Gasteiger partial charge on any atom is -0.382 e. The van der Waals surface area contributed by atoms with Crippen molar-refractivity contribution >= 4 is 11.4 Å². The predicted octanol–water partition coefficient (Wildman–Crippen LogP) is 2.74. The largest absolute Gasteiger partial charge is 0.382 e. The van der Waals surface area contributed by atoms with Crippen molar-refractivity contribution in [1.82, 2.24) is 0 Å². The number of hydrogen-bond acceptors (Lipinski definition) is 4. The van der Waals surface area contributed by atoms with Crippen LogP contribution >= 0.6 is 0 Å². The van der Waals surface area contributed by atoms with E-state index >= 15 is 0 Å². The first-order chi connectivity index (χ1) is 8.06. The van der Waals surface area contributed by atoms with Crippen molar-refractivity contribution in [2.45, 2.75) is 26.9 Å². The molecule has 17 heavy (non-hydrogen) atoms. The average molecular weight is 238 g/mol. The number of benzene rings is 1. The molecule has 0 aliphatic heterocycles. The van der Waals surface area contributed by atoms with Crippen LogP contribution < -0.4 is 5.32 Å². The summed E-state index contributed by atoms with van der Waals surface area (Å²) in [6.45, 7) is 6.94. The van der Waals surface area contributed by atoms with E-state index < -0.39 is 0 Å². The Labute approximate surface area is 101 Å². The van der Waals surface area contributed by atoms with Gasteiger partial charge in [-0.1, -0.05) is 6.07 Å². The first kappa shape index (κ1) is 13.4. The highest BCUT2D eigenvalue weighted by molar-refractivity contribution is 5.59. The zero-order chi connectivity index (χ0) is 12.8. The zero-order valence-corrected chi connectivity index (χ0v) is 10.4. The second-order valence-electron chi connectivity index (χ2n) is 3.85. The third-order valence-corrected chi connectivity index (χ3v) is 2.53. The minimum atomic E-state index is -0.369. The van der Waals surface area contributed by atoms with Gasteiger partial charge in [0.1, 0.15) is 0 Å². The third kappa shape index (κ3) is 3.71. The minimum absolute atomic E-state index is 0.0821. The lowest BCUT2D eigenvalue weighted by molar-refractivity contribution is -0.385. The number of nitro groups is 1. The van der Waals surface area contributed by atoms with Crippen LogP contribution in [0.3, 0.4) is 0 Å². The number of hydrogen-bond donors (Lipinski definition) is 1. The summed E-state index contributed by atoms with van der Waals surface area (Å²) in [5.74, 6) is 0. The summed E-state index contributed by atoms with van der Waals surface area (Å²) in [4.78, 5) is 10.4. The molecule has 0 bridgehead atoms. The van der Waals surface area contributed by atoms with Crippen LogP contribution in [-0.4, -0.2) is 24.2 Å². The maximum atomic E-state index is 10.8. The second kappa shape index (κ2) is 6.20. The van der Waals surface area contributed by atoms with Crippen molar-refractivity contribution in [2.24, 2.45) is 0 Å². The Bertz CT molecular complexity index is 393.